The fraction of sp³-hybridized carbons (Fsp3) is 0.556. The van der Waals surface area contributed by atoms with Gasteiger partial charge in [0.2, 0.25) is 11.8 Å². The Bertz CT molecular complexity index is 591. The van der Waals surface area contributed by atoms with E-state index in [0.29, 0.717) is 31.9 Å². The molecule has 0 aromatic carbocycles. The Hall–Kier alpha value is -2.04. The van der Waals surface area contributed by atoms with E-state index < -0.39 is 0 Å². The number of hydrogen-bond donors (Lipinski definition) is 0. The first kappa shape index (κ1) is 15.8. The van der Waals surface area contributed by atoms with Crippen LogP contribution in [0, 0.1) is 12.8 Å². The van der Waals surface area contributed by atoms with Crippen molar-refractivity contribution in [1.29, 1.82) is 0 Å². The largest absolute Gasteiger partial charge is 0.462 e. The van der Waals surface area contributed by atoms with Crippen molar-refractivity contribution in [3.63, 3.8) is 0 Å². The lowest BCUT2D eigenvalue weighted by molar-refractivity contribution is -0.140. The highest BCUT2D eigenvalue weighted by Gasteiger charge is 2.30. The lowest BCUT2D eigenvalue weighted by Crippen LogP contribution is -2.51. The summed E-state index contributed by atoms with van der Waals surface area (Å²) >= 11 is 0. The van der Waals surface area contributed by atoms with E-state index in [0.717, 1.165) is 18.6 Å². The van der Waals surface area contributed by atoms with Crippen molar-refractivity contribution in [3.05, 3.63) is 29.7 Å². The number of hydrogen-bond acceptors (Lipinski definition) is 3. The van der Waals surface area contributed by atoms with E-state index in [4.69, 9.17) is 4.42 Å². The summed E-state index contributed by atoms with van der Waals surface area (Å²) in [5, 5.41) is 0. The third-order valence-corrected chi connectivity index (χ3v) is 4.76. The number of amides is 2. The Morgan fingerprint density at radius 2 is 1.74 bits per heavy atom. The molecule has 1 saturated carbocycles. The minimum atomic E-state index is -0.0213. The quantitative estimate of drug-likeness (QED) is 0.805. The molecule has 5 heteroatoms. The molecule has 0 bridgehead atoms. The highest BCUT2D eigenvalue weighted by atomic mass is 16.3. The number of piperazine rings is 1. The first-order chi connectivity index (χ1) is 11.1. The Morgan fingerprint density at radius 3 is 2.35 bits per heavy atom. The second-order valence-electron chi connectivity index (χ2n) is 6.41. The summed E-state index contributed by atoms with van der Waals surface area (Å²) in [6, 6.07) is 3.72. The lowest BCUT2D eigenvalue weighted by Gasteiger charge is -2.35. The second kappa shape index (κ2) is 7.02. The minimum Gasteiger partial charge on any atom is -0.462 e. The van der Waals surface area contributed by atoms with Crippen LogP contribution in [-0.2, 0) is 9.59 Å². The van der Waals surface area contributed by atoms with Gasteiger partial charge in [-0.05, 0) is 38.0 Å². The van der Waals surface area contributed by atoms with Crippen molar-refractivity contribution < 1.29 is 14.0 Å². The van der Waals surface area contributed by atoms with Crippen LogP contribution < -0.4 is 0 Å². The summed E-state index contributed by atoms with van der Waals surface area (Å²) in [6.07, 6.45) is 7.66. The van der Waals surface area contributed by atoms with Crippen molar-refractivity contribution in [2.75, 3.05) is 26.2 Å². The van der Waals surface area contributed by atoms with Gasteiger partial charge >= 0.3 is 0 Å². The number of aryl methyl sites for hydroxylation is 1. The van der Waals surface area contributed by atoms with Crippen LogP contribution in [0.15, 0.2) is 22.6 Å². The number of carbonyl (C=O) groups excluding carboxylic acids is 2. The molecular formula is C18H24N2O3. The van der Waals surface area contributed by atoms with Crippen LogP contribution in [0.4, 0.5) is 0 Å². The Kier molecular flexibility index (Phi) is 4.84. The van der Waals surface area contributed by atoms with E-state index in [1.807, 2.05) is 24.0 Å². The van der Waals surface area contributed by atoms with Crippen LogP contribution >= 0.6 is 0 Å². The standard InChI is InChI=1S/C18H24N2O3/c1-14-6-7-16(23-14)8-9-17(21)19-10-12-20(13-11-19)18(22)15-4-2-3-5-15/h6-9,15H,2-5,10-13H2,1H3. The average Bonchev–Trinajstić information content (AvgIpc) is 3.24. The van der Waals surface area contributed by atoms with Crippen molar-refractivity contribution >= 4 is 17.9 Å². The molecular weight excluding hydrogens is 292 g/mol. The van der Waals surface area contributed by atoms with Gasteiger partial charge in [0.1, 0.15) is 11.5 Å². The van der Waals surface area contributed by atoms with Crippen molar-refractivity contribution in [2.45, 2.75) is 32.6 Å². The van der Waals surface area contributed by atoms with Gasteiger partial charge in [-0.1, -0.05) is 12.8 Å². The molecule has 0 spiro atoms. The van der Waals surface area contributed by atoms with Gasteiger partial charge in [-0.3, -0.25) is 9.59 Å². The molecule has 23 heavy (non-hydrogen) atoms. The molecule has 2 fully saturated rings. The van der Waals surface area contributed by atoms with Crippen molar-refractivity contribution in [1.82, 2.24) is 9.80 Å². The maximum atomic E-state index is 12.4. The summed E-state index contributed by atoms with van der Waals surface area (Å²) < 4.78 is 5.42. The predicted octanol–water partition coefficient (Wildman–Crippen LogP) is 2.46. The highest BCUT2D eigenvalue weighted by Crippen LogP contribution is 2.26. The fourth-order valence-electron chi connectivity index (χ4n) is 3.38. The molecule has 2 amide bonds. The Morgan fingerprint density at radius 1 is 1.09 bits per heavy atom. The smallest absolute Gasteiger partial charge is 0.246 e. The zero-order valence-electron chi connectivity index (χ0n) is 13.7. The van der Waals surface area contributed by atoms with Crippen LogP contribution in [0.5, 0.6) is 0 Å². The maximum absolute atomic E-state index is 12.4. The minimum absolute atomic E-state index is 0.0213. The summed E-state index contributed by atoms with van der Waals surface area (Å²) in [4.78, 5) is 28.3. The Labute approximate surface area is 136 Å². The molecule has 2 heterocycles. The lowest BCUT2D eigenvalue weighted by atomic mass is 10.1. The van der Waals surface area contributed by atoms with Gasteiger partial charge in [-0.15, -0.1) is 0 Å². The molecule has 5 nitrogen and oxygen atoms in total. The summed E-state index contributed by atoms with van der Waals surface area (Å²) in [6.45, 7) is 4.39. The van der Waals surface area contributed by atoms with Crippen LogP contribution in [0.1, 0.15) is 37.2 Å². The Balaban J connectivity index is 1.49. The molecule has 0 atom stereocenters. The number of carbonyl (C=O) groups is 2. The van der Waals surface area contributed by atoms with Crippen LogP contribution in [-0.4, -0.2) is 47.8 Å². The van der Waals surface area contributed by atoms with Crippen molar-refractivity contribution in [2.24, 2.45) is 5.92 Å². The molecule has 3 rings (SSSR count). The number of furan rings is 1. The van der Waals surface area contributed by atoms with E-state index in [-0.39, 0.29) is 17.7 Å². The van der Waals surface area contributed by atoms with Gasteiger partial charge in [0.15, 0.2) is 0 Å². The van der Waals surface area contributed by atoms with Gasteiger partial charge < -0.3 is 14.2 Å². The monoisotopic (exact) mass is 316 g/mol. The average molecular weight is 316 g/mol. The third kappa shape index (κ3) is 3.84. The third-order valence-electron chi connectivity index (χ3n) is 4.76. The summed E-state index contributed by atoms with van der Waals surface area (Å²) in [5.41, 5.74) is 0. The molecule has 1 aromatic heterocycles. The SMILES string of the molecule is Cc1ccc(C=CC(=O)N2CCN(C(=O)C3CCCC3)CC2)o1. The number of rotatable bonds is 3. The summed E-state index contributed by atoms with van der Waals surface area (Å²) in [7, 11) is 0. The first-order valence-electron chi connectivity index (χ1n) is 8.46. The molecule has 0 radical (unpaired) electrons. The zero-order valence-corrected chi connectivity index (χ0v) is 13.7. The van der Waals surface area contributed by atoms with Gasteiger partial charge in [-0.25, -0.2) is 0 Å². The van der Waals surface area contributed by atoms with E-state index in [9.17, 15) is 9.59 Å². The fourth-order valence-corrected chi connectivity index (χ4v) is 3.38. The molecule has 124 valence electrons. The predicted molar refractivity (Wildman–Crippen MR) is 87.6 cm³/mol. The van der Waals surface area contributed by atoms with Crippen LogP contribution in [0.25, 0.3) is 6.08 Å². The summed E-state index contributed by atoms with van der Waals surface area (Å²) in [5.74, 6) is 2.00. The molecule has 1 aliphatic heterocycles. The van der Waals surface area contributed by atoms with Gasteiger partial charge in [0, 0.05) is 38.2 Å². The number of nitrogens with zero attached hydrogens (tertiary/aromatic N) is 2. The van der Waals surface area contributed by atoms with Gasteiger partial charge in [0.05, 0.1) is 0 Å². The van der Waals surface area contributed by atoms with Gasteiger partial charge in [0.25, 0.3) is 0 Å². The second-order valence-corrected chi connectivity index (χ2v) is 6.41. The maximum Gasteiger partial charge on any atom is 0.246 e. The van der Waals surface area contributed by atoms with Crippen molar-refractivity contribution in [3.8, 4) is 0 Å². The topological polar surface area (TPSA) is 53.8 Å². The van der Waals surface area contributed by atoms with E-state index in [2.05, 4.69) is 0 Å². The molecule has 0 unspecified atom stereocenters. The molecule has 1 aliphatic carbocycles. The van der Waals surface area contributed by atoms with Crippen LogP contribution in [0.3, 0.4) is 0 Å². The van der Waals surface area contributed by atoms with E-state index in [1.54, 1.807) is 17.1 Å². The molecule has 1 aromatic rings. The van der Waals surface area contributed by atoms with Gasteiger partial charge in [-0.2, -0.15) is 0 Å². The van der Waals surface area contributed by atoms with Crippen LogP contribution in [0.2, 0.25) is 0 Å². The molecule has 0 N–H and O–H groups in total. The molecule has 1 saturated heterocycles. The first-order valence-corrected chi connectivity index (χ1v) is 8.46. The van der Waals surface area contributed by atoms with E-state index in [1.165, 1.54) is 12.8 Å². The van der Waals surface area contributed by atoms with E-state index >= 15 is 0 Å². The molecule has 2 aliphatic rings. The zero-order chi connectivity index (χ0) is 16.2. The normalized spacial score (nSPS) is 19.7. The highest BCUT2D eigenvalue weighted by molar-refractivity contribution is 5.91.